The van der Waals surface area contributed by atoms with E-state index < -0.39 is 10.0 Å². The van der Waals surface area contributed by atoms with Crippen LogP contribution in [0.1, 0.15) is 28.6 Å². The number of benzene rings is 2. The fraction of sp³-hybridized carbons (Fsp3) is 0.250. The molecule has 0 fully saturated rings. The maximum Gasteiger partial charge on any atom is 0.287 e. The fourth-order valence-electron chi connectivity index (χ4n) is 2.88. The standard InChI is InChI=1S/C20H22N2O5S/c1-2-26-13-17-16-5-3-4-6-18(16)27-19(17)20(23)22-12-11-14-7-9-15(10-8-14)28(21,24)25/h3-10H,2,11-13H2,1H3,(H,22,23)(H2,21,24,25). The number of hydrogen-bond donors (Lipinski definition) is 2. The van der Waals surface area contributed by atoms with E-state index in [-0.39, 0.29) is 16.6 Å². The summed E-state index contributed by atoms with van der Waals surface area (Å²) in [7, 11) is -3.71. The summed E-state index contributed by atoms with van der Waals surface area (Å²) in [6, 6.07) is 13.7. The molecule has 0 aliphatic carbocycles. The lowest BCUT2D eigenvalue weighted by Gasteiger charge is -2.06. The van der Waals surface area contributed by atoms with E-state index >= 15 is 0 Å². The first kappa shape index (κ1) is 20.1. The van der Waals surface area contributed by atoms with Crippen LogP contribution in [0.25, 0.3) is 11.0 Å². The normalized spacial score (nSPS) is 11.6. The van der Waals surface area contributed by atoms with Gasteiger partial charge in [0.25, 0.3) is 5.91 Å². The highest BCUT2D eigenvalue weighted by atomic mass is 32.2. The van der Waals surface area contributed by atoms with Crippen LogP contribution in [0.5, 0.6) is 0 Å². The molecule has 0 saturated carbocycles. The number of furan rings is 1. The summed E-state index contributed by atoms with van der Waals surface area (Å²) < 4.78 is 33.8. The number of rotatable bonds is 8. The third-order valence-electron chi connectivity index (χ3n) is 4.31. The first-order valence-electron chi connectivity index (χ1n) is 8.88. The summed E-state index contributed by atoms with van der Waals surface area (Å²) in [5, 5.41) is 8.79. The molecule has 28 heavy (non-hydrogen) atoms. The Kier molecular flexibility index (Phi) is 6.13. The van der Waals surface area contributed by atoms with Crippen LogP contribution in [-0.2, 0) is 27.8 Å². The van der Waals surface area contributed by atoms with E-state index in [4.69, 9.17) is 14.3 Å². The van der Waals surface area contributed by atoms with Gasteiger partial charge in [0.05, 0.1) is 11.5 Å². The second kappa shape index (κ2) is 8.55. The Balaban J connectivity index is 1.68. The molecule has 0 saturated heterocycles. The lowest BCUT2D eigenvalue weighted by Crippen LogP contribution is -2.26. The third-order valence-corrected chi connectivity index (χ3v) is 5.24. The van der Waals surface area contributed by atoms with Crippen LogP contribution in [0.2, 0.25) is 0 Å². The molecule has 148 valence electrons. The molecule has 0 radical (unpaired) electrons. The van der Waals surface area contributed by atoms with Crippen molar-refractivity contribution in [1.82, 2.24) is 5.32 Å². The van der Waals surface area contributed by atoms with Crippen molar-refractivity contribution in [3.63, 3.8) is 0 Å². The molecule has 1 amide bonds. The number of ether oxygens (including phenoxy) is 1. The number of carbonyl (C=O) groups is 1. The second-order valence-corrected chi connectivity index (χ2v) is 7.80. The Morgan fingerprint density at radius 3 is 2.54 bits per heavy atom. The number of carbonyl (C=O) groups excluding carboxylic acids is 1. The largest absolute Gasteiger partial charge is 0.451 e. The number of hydrogen-bond acceptors (Lipinski definition) is 5. The number of fused-ring (bicyclic) bond motifs is 1. The Labute approximate surface area is 163 Å². The molecule has 0 atom stereocenters. The van der Waals surface area contributed by atoms with E-state index in [1.807, 2.05) is 31.2 Å². The highest BCUT2D eigenvalue weighted by Crippen LogP contribution is 2.26. The van der Waals surface area contributed by atoms with Gasteiger partial charge in [0, 0.05) is 24.1 Å². The van der Waals surface area contributed by atoms with Crippen LogP contribution < -0.4 is 10.5 Å². The van der Waals surface area contributed by atoms with Crippen molar-refractivity contribution in [3.8, 4) is 0 Å². The van der Waals surface area contributed by atoms with Crippen molar-refractivity contribution in [2.45, 2.75) is 24.8 Å². The monoisotopic (exact) mass is 402 g/mol. The first-order chi connectivity index (χ1) is 13.4. The molecule has 2 aromatic carbocycles. The van der Waals surface area contributed by atoms with Crippen molar-refractivity contribution in [2.24, 2.45) is 5.14 Å². The van der Waals surface area contributed by atoms with Gasteiger partial charge in [0.15, 0.2) is 5.76 Å². The predicted molar refractivity (Wildman–Crippen MR) is 105 cm³/mol. The second-order valence-electron chi connectivity index (χ2n) is 6.24. The highest BCUT2D eigenvalue weighted by molar-refractivity contribution is 7.89. The van der Waals surface area contributed by atoms with Crippen molar-refractivity contribution < 1.29 is 22.4 Å². The van der Waals surface area contributed by atoms with Crippen LogP contribution in [-0.4, -0.2) is 27.5 Å². The quantitative estimate of drug-likeness (QED) is 0.601. The molecule has 0 spiro atoms. The lowest BCUT2D eigenvalue weighted by molar-refractivity contribution is 0.0915. The summed E-state index contributed by atoms with van der Waals surface area (Å²) in [6.45, 7) is 3.10. The zero-order valence-corrected chi connectivity index (χ0v) is 16.3. The molecule has 0 bridgehead atoms. The first-order valence-corrected chi connectivity index (χ1v) is 10.4. The summed E-state index contributed by atoms with van der Waals surface area (Å²) in [5.74, 6) is -0.0636. The molecule has 3 N–H and O–H groups in total. The van der Waals surface area contributed by atoms with E-state index in [0.717, 1.165) is 16.5 Å². The number of primary sulfonamides is 1. The van der Waals surface area contributed by atoms with Crippen LogP contribution in [0.3, 0.4) is 0 Å². The van der Waals surface area contributed by atoms with Crippen LogP contribution in [0, 0.1) is 0 Å². The van der Waals surface area contributed by atoms with Crippen LogP contribution in [0.4, 0.5) is 0 Å². The van der Waals surface area contributed by atoms with E-state index in [0.29, 0.717) is 31.8 Å². The lowest BCUT2D eigenvalue weighted by atomic mass is 10.1. The molecule has 1 aromatic heterocycles. The minimum absolute atomic E-state index is 0.0585. The summed E-state index contributed by atoms with van der Waals surface area (Å²) in [6.07, 6.45) is 0.539. The molecule has 0 unspecified atom stereocenters. The Bertz CT molecular complexity index is 1070. The van der Waals surface area contributed by atoms with Gasteiger partial charge in [0.1, 0.15) is 5.58 Å². The molecule has 0 aliphatic heterocycles. The van der Waals surface area contributed by atoms with E-state index in [9.17, 15) is 13.2 Å². The minimum Gasteiger partial charge on any atom is -0.451 e. The fourth-order valence-corrected chi connectivity index (χ4v) is 3.39. The summed E-state index contributed by atoms with van der Waals surface area (Å²) in [5.41, 5.74) is 2.25. The molecule has 0 aliphatic rings. The smallest absolute Gasteiger partial charge is 0.287 e. The number of nitrogens with one attached hydrogen (secondary N) is 1. The van der Waals surface area contributed by atoms with Crippen molar-refractivity contribution >= 4 is 26.9 Å². The average Bonchev–Trinajstić information content (AvgIpc) is 3.04. The summed E-state index contributed by atoms with van der Waals surface area (Å²) >= 11 is 0. The maximum absolute atomic E-state index is 12.6. The number of sulfonamides is 1. The predicted octanol–water partition coefficient (Wildman–Crippen LogP) is 2.59. The average molecular weight is 402 g/mol. The van der Waals surface area contributed by atoms with Gasteiger partial charge in [-0.15, -0.1) is 0 Å². The van der Waals surface area contributed by atoms with Gasteiger partial charge < -0.3 is 14.5 Å². The van der Waals surface area contributed by atoms with Crippen molar-refractivity contribution in [3.05, 3.63) is 65.4 Å². The van der Waals surface area contributed by atoms with Gasteiger partial charge in [-0.1, -0.05) is 30.3 Å². The Morgan fingerprint density at radius 2 is 1.86 bits per heavy atom. The highest BCUT2D eigenvalue weighted by Gasteiger charge is 2.20. The molecule has 3 aromatic rings. The molecule has 7 nitrogen and oxygen atoms in total. The van der Waals surface area contributed by atoms with Gasteiger partial charge in [-0.2, -0.15) is 0 Å². The zero-order chi connectivity index (χ0) is 20.1. The molecule has 3 rings (SSSR count). The molecule has 8 heteroatoms. The van der Waals surface area contributed by atoms with E-state index in [2.05, 4.69) is 5.32 Å². The van der Waals surface area contributed by atoms with E-state index in [1.54, 1.807) is 12.1 Å². The van der Waals surface area contributed by atoms with Gasteiger partial charge in [-0.05, 0) is 37.1 Å². The van der Waals surface area contributed by atoms with Crippen molar-refractivity contribution in [1.29, 1.82) is 0 Å². The minimum atomic E-state index is -3.71. The van der Waals surface area contributed by atoms with Gasteiger partial charge >= 0.3 is 0 Å². The molecule has 1 heterocycles. The third kappa shape index (κ3) is 4.59. The van der Waals surface area contributed by atoms with Crippen LogP contribution in [0.15, 0.2) is 57.8 Å². The maximum atomic E-state index is 12.6. The summed E-state index contributed by atoms with van der Waals surface area (Å²) in [4.78, 5) is 12.7. The topological polar surface area (TPSA) is 112 Å². The van der Waals surface area contributed by atoms with E-state index in [1.165, 1.54) is 12.1 Å². The molecular formula is C20H22N2O5S. The number of para-hydroxylation sites is 1. The number of amides is 1. The number of nitrogens with two attached hydrogens (primary N) is 1. The SMILES string of the molecule is CCOCc1c(C(=O)NCCc2ccc(S(N)(=O)=O)cc2)oc2ccccc12. The zero-order valence-electron chi connectivity index (χ0n) is 15.5. The van der Waals surface area contributed by atoms with Crippen LogP contribution >= 0.6 is 0 Å². The van der Waals surface area contributed by atoms with Gasteiger partial charge in [-0.25, -0.2) is 13.6 Å². The molecular weight excluding hydrogens is 380 g/mol. The Hall–Kier alpha value is -2.68. The van der Waals surface area contributed by atoms with Gasteiger partial charge in [0.2, 0.25) is 10.0 Å². The Morgan fingerprint density at radius 1 is 1.14 bits per heavy atom. The van der Waals surface area contributed by atoms with Crippen molar-refractivity contribution in [2.75, 3.05) is 13.2 Å². The van der Waals surface area contributed by atoms with Gasteiger partial charge in [-0.3, -0.25) is 4.79 Å².